The van der Waals surface area contributed by atoms with Crippen molar-refractivity contribution in [2.45, 2.75) is 18.9 Å². The molecule has 0 saturated carbocycles. The Morgan fingerprint density at radius 1 is 1.45 bits per heavy atom. The molecule has 1 atom stereocenters. The Morgan fingerprint density at radius 3 is 3.00 bits per heavy atom. The molecule has 1 aromatic carbocycles. The largest absolute Gasteiger partial charge is 0.383 e. The van der Waals surface area contributed by atoms with E-state index in [1.54, 1.807) is 7.11 Å². The van der Waals surface area contributed by atoms with E-state index in [4.69, 9.17) is 9.26 Å². The van der Waals surface area contributed by atoms with E-state index >= 15 is 0 Å². The molecule has 2 aromatic rings. The Hall–Kier alpha value is -1.24. The van der Waals surface area contributed by atoms with Gasteiger partial charge in [0.1, 0.15) is 0 Å². The van der Waals surface area contributed by atoms with Gasteiger partial charge in [0.15, 0.2) is 5.82 Å². The van der Waals surface area contributed by atoms with Gasteiger partial charge in [0.25, 0.3) is 0 Å². The van der Waals surface area contributed by atoms with Crippen LogP contribution in [0.25, 0.3) is 0 Å². The third kappa shape index (κ3) is 4.40. The maximum atomic E-state index is 5.28. The fraction of sp³-hybridized carbons (Fsp3) is 0.429. The summed E-state index contributed by atoms with van der Waals surface area (Å²) in [6.07, 6.45) is 1.33. The summed E-state index contributed by atoms with van der Waals surface area (Å²) in [5, 5.41) is 7.18. The van der Waals surface area contributed by atoms with Crippen LogP contribution in [0.1, 0.15) is 17.3 Å². The topological polar surface area (TPSA) is 60.2 Å². The van der Waals surface area contributed by atoms with Crippen LogP contribution in [-0.4, -0.2) is 36.9 Å². The molecule has 0 bridgehead atoms. The second-order valence-electron chi connectivity index (χ2n) is 4.56. The van der Waals surface area contributed by atoms with E-state index in [2.05, 4.69) is 37.5 Å². The highest BCUT2D eigenvalue weighted by atomic mass is 79.9. The molecule has 0 aliphatic rings. The van der Waals surface area contributed by atoms with Gasteiger partial charge in [-0.1, -0.05) is 33.2 Å². The fourth-order valence-corrected chi connectivity index (χ4v) is 2.38. The van der Waals surface area contributed by atoms with Crippen molar-refractivity contribution in [2.75, 3.05) is 20.8 Å². The first-order chi connectivity index (χ1) is 9.71. The van der Waals surface area contributed by atoms with Gasteiger partial charge in [0.2, 0.25) is 5.89 Å². The summed E-state index contributed by atoms with van der Waals surface area (Å²) in [6.45, 7) is 0.611. The quantitative estimate of drug-likeness (QED) is 0.837. The third-order valence-corrected chi connectivity index (χ3v) is 3.45. The molecule has 0 aliphatic carbocycles. The minimum absolute atomic E-state index is 0.180. The summed E-state index contributed by atoms with van der Waals surface area (Å²) >= 11 is 3.45. The number of benzene rings is 1. The van der Waals surface area contributed by atoms with Gasteiger partial charge < -0.3 is 14.6 Å². The Kier molecular flexibility index (Phi) is 5.70. The summed E-state index contributed by atoms with van der Waals surface area (Å²) in [5.41, 5.74) is 1.15. The summed E-state index contributed by atoms with van der Waals surface area (Å²) < 4.78 is 11.5. The number of hydrogen-bond acceptors (Lipinski definition) is 5. The molecule has 6 heteroatoms. The summed E-state index contributed by atoms with van der Waals surface area (Å²) in [5.74, 6) is 1.33. The second-order valence-corrected chi connectivity index (χ2v) is 5.47. The highest BCUT2D eigenvalue weighted by Crippen LogP contribution is 2.14. The summed E-state index contributed by atoms with van der Waals surface area (Å²) in [7, 11) is 3.57. The molecule has 0 saturated heterocycles. The van der Waals surface area contributed by atoms with Gasteiger partial charge in [-0.05, 0) is 24.7 Å². The van der Waals surface area contributed by atoms with Crippen molar-refractivity contribution < 1.29 is 9.26 Å². The van der Waals surface area contributed by atoms with Gasteiger partial charge in [0.05, 0.1) is 6.61 Å². The molecule has 1 aromatic heterocycles. The van der Waals surface area contributed by atoms with Crippen molar-refractivity contribution in [1.29, 1.82) is 0 Å². The third-order valence-electron chi connectivity index (χ3n) is 2.96. The predicted octanol–water partition coefficient (Wildman–Crippen LogP) is 2.20. The molecule has 5 nitrogen and oxygen atoms in total. The van der Waals surface area contributed by atoms with Gasteiger partial charge in [0, 0.05) is 30.5 Å². The molecule has 0 radical (unpaired) electrons. The monoisotopic (exact) mass is 339 g/mol. The van der Waals surface area contributed by atoms with Crippen molar-refractivity contribution in [3.8, 4) is 0 Å². The van der Waals surface area contributed by atoms with E-state index < -0.39 is 0 Å². The van der Waals surface area contributed by atoms with Gasteiger partial charge in [-0.3, -0.25) is 0 Å². The zero-order valence-electron chi connectivity index (χ0n) is 11.6. The smallest absolute Gasteiger partial charge is 0.228 e. The molecule has 0 amide bonds. The average molecular weight is 340 g/mol. The number of nitrogens with one attached hydrogen (secondary N) is 1. The maximum Gasteiger partial charge on any atom is 0.228 e. The Bertz CT molecular complexity index is 545. The van der Waals surface area contributed by atoms with Crippen LogP contribution < -0.4 is 5.32 Å². The van der Waals surface area contributed by atoms with Gasteiger partial charge in [-0.25, -0.2) is 0 Å². The molecule has 1 unspecified atom stereocenters. The molecular weight excluding hydrogens is 322 g/mol. The van der Waals surface area contributed by atoms with Gasteiger partial charge in [-0.15, -0.1) is 0 Å². The van der Waals surface area contributed by atoms with Gasteiger partial charge >= 0.3 is 0 Å². The number of aromatic nitrogens is 2. The number of hydrogen-bond donors (Lipinski definition) is 1. The lowest BCUT2D eigenvalue weighted by molar-refractivity contribution is 0.165. The lowest BCUT2D eigenvalue weighted by Crippen LogP contribution is -2.32. The SMILES string of the molecule is CNC(COC)Cc1nc(Cc2cccc(Br)c2)no1. The molecule has 2 rings (SSSR count). The Balaban J connectivity index is 1.98. The standard InChI is InChI=1S/C14H18BrN3O2/c1-16-12(9-19-2)8-14-17-13(18-20-14)7-10-4-3-5-11(15)6-10/h3-6,12,16H,7-9H2,1-2H3. The van der Waals surface area contributed by atoms with Crippen LogP contribution in [0.4, 0.5) is 0 Å². The van der Waals surface area contributed by atoms with Crippen molar-refractivity contribution in [3.63, 3.8) is 0 Å². The average Bonchev–Trinajstić information content (AvgIpc) is 2.85. The number of nitrogens with zero attached hydrogens (tertiary/aromatic N) is 2. The van der Waals surface area contributed by atoms with Crippen molar-refractivity contribution >= 4 is 15.9 Å². The van der Waals surface area contributed by atoms with E-state index in [9.17, 15) is 0 Å². The first-order valence-electron chi connectivity index (χ1n) is 6.43. The normalized spacial score (nSPS) is 12.6. The molecule has 20 heavy (non-hydrogen) atoms. The Labute approximate surface area is 126 Å². The van der Waals surface area contributed by atoms with E-state index in [1.165, 1.54) is 0 Å². The lowest BCUT2D eigenvalue weighted by atomic mass is 10.1. The van der Waals surface area contributed by atoms with Crippen LogP contribution in [-0.2, 0) is 17.6 Å². The zero-order chi connectivity index (χ0) is 14.4. The van der Waals surface area contributed by atoms with E-state index in [1.807, 2.05) is 25.2 Å². The number of halogens is 1. The number of methoxy groups -OCH3 is 1. The van der Waals surface area contributed by atoms with E-state index in [-0.39, 0.29) is 6.04 Å². The van der Waals surface area contributed by atoms with Crippen LogP contribution in [0.3, 0.4) is 0 Å². The van der Waals surface area contributed by atoms with Crippen molar-refractivity contribution in [1.82, 2.24) is 15.5 Å². The first kappa shape index (κ1) is 15.2. The molecule has 1 heterocycles. The van der Waals surface area contributed by atoms with Crippen LogP contribution in [0.5, 0.6) is 0 Å². The van der Waals surface area contributed by atoms with Crippen LogP contribution in [0, 0.1) is 0 Å². The number of likely N-dealkylation sites (N-methyl/N-ethyl adjacent to an activating group) is 1. The molecule has 0 spiro atoms. The minimum Gasteiger partial charge on any atom is -0.383 e. The highest BCUT2D eigenvalue weighted by Gasteiger charge is 2.13. The first-order valence-corrected chi connectivity index (χ1v) is 7.22. The molecular formula is C14H18BrN3O2. The highest BCUT2D eigenvalue weighted by molar-refractivity contribution is 9.10. The second kappa shape index (κ2) is 7.52. The van der Waals surface area contributed by atoms with Crippen LogP contribution >= 0.6 is 15.9 Å². The summed E-state index contributed by atoms with van der Waals surface area (Å²) in [6, 6.07) is 8.27. The maximum absolute atomic E-state index is 5.28. The molecule has 1 N–H and O–H groups in total. The molecule has 0 aliphatic heterocycles. The zero-order valence-corrected chi connectivity index (χ0v) is 13.2. The van der Waals surface area contributed by atoms with Gasteiger partial charge in [-0.2, -0.15) is 4.98 Å². The van der Waals surface area contributed by atoms with Crippen molar-refractivity contribution in [3.05, 3.63) is 46.0 Å². The van der Waals surface area contributed by atoms with Crippen molar-refractivity contribution in [2.24, 2.45) is 0 Å². The number of rotatable bonds is 7. The lowest BCUT2D eigenvalue weighted by Gasteiger charge is -2.11. The molecule has 108 valence electrons. The Morgan fingerprint density at radius 2 is 2.30 bits per heavy atom. The fourth-order valence-electron chi connectivity index (χ4n) is 1.93. The predicted molar refractivity (Wildman–Crippen MR) is 79.7 cm³/mol. The van der Waals surface area contributed by atoms with Crippen LogP contribution in [0.2, 0.25) is 0 Å². The molecule has 0 fully saturated rings. The van der Waals surface area contributed by atoms with Crippen LogP contribution in [0.15, 0.2) is 33.3 Å². The number of ether oxygens (including phenoxy) is 1. The van der Waals surface area contributed by atoms with E-state index in [0.29, 0.717) is 31.2 Å². The minimum atomic E-state index is 0.180. The van der Waals surface area contributed by atoms with E-state index in [0.717, 1.165) is 10.0 Å². The summed E-state index contributed by atoms with van der Waals surface area (Å²) in [4.78, 5) is 4.42.